The van der Waals surface area contributed by atoms with Gasteiger partial charge in [-0.3, -0.25) is 9.89 Å². The summed E-state index contributed by atoms with van der Waals surface area (Å²) in [5.74, 6) is 0.0429. The van der Waals surface area contributed by atoms with Crippen LogP contribution >= 0.6 is 0 Å². The normalized spacial score (nSPS) is 16.6. The van der Waals surface area contributed by atoms with Crippen molar-refractivity contribution in [2.75, 3.05) is 13.2 Å². The number of carbonyl (C=O) groups is 1. The van der Waals surface area contributed by atoms with Crippen molar-refractivity contribution in [3.63, 3.8) is 0 Å². The molecule has 2 heterocycles. The largest absolute Gasteiger partial charge is 0.381 e. The number of hydrogen-bond donors (Lipinski definition) is 2. The zero-order chi connectivity index (χ0) is 13.1. The summed E-state index contributed by atoms with van der Waals surface area (Å²) in [4.78, 5) is 12.0. The first-order valence-electron chi connectivity index (χ1n) is 6.62. The summed E-state index contributed by atoms with van der Waals surface area (Å²) in [5.41, 5.74) is 1.77. The van der Waals surface area contributed by atoms with Crippen LogP contribution in [0.5, 0.6) is 0 Å². The third-order valence-corrected chi connectivity index (χ3v) is 3.46. The lowest BCUT2D eigenvalue weighted by molar-refractivity contribution is -0.121. The van der Waals surface area contributed by atoms with E-state index in [0.29, 0.717) is 6.42 Å². The second kappa shape index (κ2) is 5.40. The van der Waals surface area contributed by atoms with E-state index in [2.05, 4.69) is 15.5 Å². The van der Waals surface area contributed by atoms with E-state index in [0.717, 1.165) is 42.7 Å². The summed E-state index contributed by atoms with van der Waals surface area (Å²) in [6.45, 7) is 1.47. The minimum Gasteiger partial charge on any atom is -0.381 e. The van der Waals surface area contributed by atoms with Crippen molar-refractivity contribution >= 4 is 16.8 Å². The first kappa shape index (κ1) is 12.2. The van der Waals surface area contributed by atoms with Crippen molar-refractivity contribution in [3.8, 4) is 0 Å². The average Bonchev–Trinajstić information content (AvgIpc) is 2.83. The van der Waals surface area contributed by atoms with Crippen molar-refractivity contribution in [1.82, 2.24) is 15.5 Å². The van der Waals surface area contributed by atoms with E-state index in [4.69, 9.17) is 4.74 Å². The summed E-state index contributed by atoms with van der Waals surface area (Å²) in [6.07, 6.45) is 2.14. The molecule has 0 aliphatic carbocycles. The van der Waals surface area contributed by atoms with Crippen LogP contribution in [0.15, 0.2) is 24.3 Å². The smallest absolute Gasteiger partial charge is 0.226 e. The molecule has 1 aromatic carbocycles. The lowest BCUT2D eigenvalue weighted by Crippen LogP contribution is -2.39. The fourth-order valence-electron chi connectivity index (χ4n) is 2.43. The second-order valence-corrected chi connectivity index (χ2v) is 4.85. The molecule has 5 heteroatoms. The Morgan fingerprint density at radius 3 is 3.00 bits per heavy atom. The van der Waals surface area contributed by atoms with E-state index in [9.17, 15) is 4.79 Å². The molecule has 0 saturated carbocycles. The van der Waals surface area contributed by atoms with Gasteiger partial charge in [0.15, 0.2) is 0 Å². The van der Waals surface area contributed by atoms with E-state index in [1.54, 1.807) is 0 Å². The van der Waals surface area contributed by atoms with Gasteiger partial charge in [0.05, 0.1) is 17.6 Å². The molecule has 1 aliphatic heterocycles. The number of aromatic amines is 1. The monoisotopic (exact) mass is 259 g/mol. The predicted octanol–water partition coefficient (Wildman–Crippen LogP) is 1.40. The number of para-hydroxylation sites is 1. The third kappa shape index (κ3) is 2.76. The van der Waals surface area contributed by atoms with Crippen LogP contribution in [0, 0.1) is 0 Å². The van der Waals surface area contributed by atoms with Crippen molar-refractivity contribution in [2.45, 2.75) is 25.3 Å². The molecule has 1 aliphatic rings. The van der Waals surface area contributed by atoms with E-state index < -0.39 is 0 Å². The van der Waals surface area contributed by atoms with Gasteiger partial charge in [0, 0.05) is 24.6 Å². The van der Waals surface area contributed by atoms with E-state index in [1.165, 1.54) is 0 Å². The number of carbonyl (C=O) groups excluding carboxylic acids is 1. The SMILES string of the molecule is O=C(Cc1[nH]nc2ccccc12)NC1CCOCC1. The number of rotatable bonds is 3. The molecule has 3 rings (SSSR count). The molecule has 0 spiro atoms. The summed E-state index contributed by atoms with van der Waals surface area (Å²) in [7, 11) is 0. The van der Waals surface area contributed by atoms with Crippen LogP contribution < -0.4 is 5.32 Å². The van der Waals surface area contributed by atoms with Crippen LogP contribution in [0.4, 0.5) is 0 Å². The van der Waals surface area contributed by atoms with Gasteiger partial charge in [-0.15, -0.1) is 0 Å². The van der Waals surface area contributed by atoms with Gasteiger partial charge in [0.2, 0.25) is 5.91 Å². The fourth-order valence-corrected chi connectivity index (χ4v) is 2.43. The molecule has 1 amide bonds. The number of benzene rings is 1. The molecular weight excluding hydrogens is 242 g/mol. The second-order valence-electron chi connectivity index (χ2n) is 4.85. The van der Waals surface area contributed by atoms with Gasteiger partial charge in [0.25, 0.3) is 0 Å². The minimum absolute atomic E-state index is 0.0429. The Balaban J connectivity index is 1.65. The highest BCUT2D eigenvalue weighted by Crippen LogP contribution is 2.15. The number of hydrogen-bond acceptors (Lipinski definition) is 3. The maximum Gasteiger partial charge on any atom is 0.226 e. The molecular formula is C14H17N3O2. The summed E-state index contributed by atoms with van der Waals surface area (Å²) >= 11 is 0. The maximum atomic E-state index is 12.0. The fraction of sp³-hybridized carbons (Fsp3) is 0.429. The number of fused-ring (bicyclic) bond motifs is 1. The van der Waals surface area contributed by atoms with Crippen molar-refractivity contribution < 1.29 is 9.53 Å². The van der Waals surface area contributed by atoms with Gasteiger partial charge in [-0.1, -0.05) is 18.2 Å². The third-order valence-electron chi connectivity index (χ3n) is 3.46. The van der Waals surface area contributed by atoms with Gasteiger partial charge < -0.3 is 10.1 Å². The van der Waals surface area contributed by atoms with Gasteiger partial charge in [-0.25, -0.2) is 0 Å². The highest BCUT2D eigenvalue weighted by atomic mass is 16.5. The van der Waals surface area contributed by atoms with E-state index >= 15 is 0 Å². The Labute approximate surface area is 111 Å². The Morgan fingerprint density at radius 1 is 1.37 bits per heavy atom. The zero-order valence-corrected chi connectivity index (χ0v) is 10.7. The predicted molar refractivity (Wildman–Crippen MR) is 71.8 cm³/mol. The molecule has 100 valence electrons. The molecule has 0 atom stereocenters. The molecule has 19 heavy (non-hydrogen) atoms. The molecule has 2 N–H and O–H groups in total. The number of H-pyrrole nitrogens is 1. The number of nitrogens with zero attached hydrogens (tertiary/aromatic N) is 1. The molecule has 2 aromatic rings. The first-order valence-corrected chi connectivity index (χ1v) is 6.62. The van der Waals surface area contributed by atoms with Crippen LogP contribution in [0.1, 0.15) is 18.5 Å². The summed E-state index contributed by atoms with van der Waals surface area (Å²) < 4.78 is 5.28. The average molecular weight is 259 g/mol. The zero-order valence-electron chi connectivity index (χ0n) is 10.7. The number of ether oxygens (including phenoxy) is 1. The van der Waals surface area contributed by atoms with Gasteiger partial charge >= 0.3 is 0 Å². The molecule has 0 radical (unpaired) electrons. The molecule has 1 aromatic heterocycles. The van der Waals surface area contributed by atoms with Gasteiger partial charge in [-0.05, 0) is 18.9 Å². The Kier molecular flexibility index (Phi) is 3.46. The first-order chi connectivity index (χ1) is 9.33. The van der Waals surface area contributed by atoms with E-state index in [1.807, 2.05) is 24.3 Å². The van der Waals surface area contributed by atoms with Crippen LogP contribution in [0.25, 0.3) is 10.9 Å². The molecule has 1 saturated heterocycles. The minimum atomic E-state index is 0.0429. The van der Waals surface area contributed by atoms with Crippen molar-refractivity contribution in [2.24, 2.45) is 0 Å². The molecule has 5 nitrogen and oxygen atoms in total. The van der Waals surface area contributed by atoms with Crippen molar-refractivity contribution in [1.29, 1.82) is 0 Å². The van der Waals surface area contributed by atoms with Crippen molar-refractivity contribution in [3.05, 3.63) is 30.0 Å². The van der Waals surface area contributed by atoms with Crippen LogP contribution in [-0.2, 0) is 16.0 Å². The topological polar surface area (TPSA) is 67.0 Å². The lowest BCUT2D eigenvalue weighted by Gasteiger charge is -2.22. The Hall–Kier alpha value is -1.88. The Morgan fingerprint density at radius 2 is 2.16 bits per heavy atom. The molecule has 0 unspecified atom stereocenters. The number of amides is 1. The quantitative estimate of drug-likeness (QED) is 0.875. The molecule has 1 fully saturated rings. The Bertz CT molecular complexity index is 573. The standard InChI is InChI=1S/C14H17N3O2/c18-14(15-10-5-7-19-8-6-10)9-13-11-3-1-2-4-12(11)16-17-13/h1-4,10H,5-9H2,(H,15,18)(H,16,17). The summed E-state index contributed by atoms with van der Waals surface area (Å²) in [5, 5.41) is 11.2. The lowest BCUT2D eigenvalue weighted by atomic mass is 10.1. The van der Waals surface area contributed by atoms with Crippen LogP contribution in [0.3, 0.4) is 0 Å². The maximum absolute atomic E-state index is 12.0. The van der Waals surface area contributed by atoms with Gasteiger partial charge in [-0.2, -0.15) is 5.10 Å². The van der Waals surface area contributed by atoms with Gasteiger partial charge in [0.1, 0.15) is 0 Å². The van der Waals surface area contributed by atoms with Crippen LogP contribution in [-0.4, -0.2) is 35.4 Å². The number of nitrogens with one attached hydrogen (secondary N) is 2. The highest BCUT2D eigenvalue weighted by molar-refractivity contribution is 5.87. The van der Waals surface area contributed by atoms with Crippen LogP contribution in [0.2, 0.25) is 0 Å². The molecule has 0 bridgehead atoms. The van der Waals surface area contributed by atoms with E-state index in [-0.39, 0.29) is 11.9 Å². The number of aromatic nitrogens is 2. The highest BCUT2D eigenvalue weighted by Gasteiger charge is 2.17. The summed E-state index contributed by atoms with van der Waals surface area (Å²) in [6, 6.07) is 8.06.